The molecule has 1 saturated heterocycles. The fraction of sp³-hybridized carbons (Fsp3) is 0.300. The first-order chi connectivity index (χ1) is 13.8. The zero-order valence-corrected chi connectivity index (χ0v) is 17.0. The van der Waals surface area contributed by atoms with Gasteiger partial charge in [0.1, 0.15) is 5.76 Å². The molecule has 0 aliphatic carbocycles. The first-order valence-corrected chi connectivity index (χ1v) is 10.7. The second kappa shape index (κ2) is 7.49. The van der Waals surface area contributed by atoms with Crippen molar-refractivity contribution in [1.29, 1.82) is 0 Å². The Kier molecular flexibility index (Phi) is 5.01. The van der Waals surface area contributed by atoms with Crippen molar-refractivity contribution in [2.75, 3.05) is 18.4 Å². The standard InChI is InChI=1S/C20H21N3O5S/c1-13-14(2)27-20(21-13)15-5-7-16(8-6-15)22-19(24)17-9-10-18(28-17)29(25,26)23-11-3-4-12-23/h5-10H,3-4,11-12H2,1-2H3,(H,22,24). The molecule has 4 rings (SSSR count). The molecule has 0 unspecified atom stereocenters. The maximum absolute atomic E-state index is 12.5. The molecule has 0 bridgehead atoms. The number of anilines is 1. The number of hydrogen-bond acceptors (Lipinski definition) is 6. The molecule has 8 nitrogen and oxygen atoms in total. The van der Waals surface area contributed by atoms with Gasteiger partial charge in [-0.25, -0.2) is 13.4 Å². The maximum atomic E-state index is 12.5. The van der Waals surface area contributed by atoms with Crippen LogP contribution in [0.1, 0.15) is 34.9 Å². The van der Waals surface area contributed by atoms with Crippen molar-refractivity contribution in [2.24, 2.45) is 0 Å². The molecular formula is C20H21N3O5S. The van der Waals surface area contributed by atoms with E-state index < -0.39 is 15.9 Å². The van der Waals surface area contributed by atoms with E-state index in [1.54, 1.807) is 24.3 Å². The van der Waals surface area contributed by atoms with E-state index in [1.165, 1.54) is 16.4 Å². The molecule has 3 aromatic rings. The van der Waals surface area contributed by atoms with Gasteiger partial charge in [-0.05, 0) is 63.1 Å². The molecule has 0 atom stereocenters. The largest absolute Gasteiger partial charge is 0.441 e. The number of aryl methyl sites for hydroxylation is 2. The third-order valence-electron chi connectivity index (χ3n) is 4.88. The van der Waals surface area contributed by atoms with Crippen molar-refractivity contribution in [1.82, 2.24) is 9.29 Å². The Morgan fingerprint density at radius 3 is 2.34 bits per heavy atom. The monoisotopic (exact) mass is 415 g/mol. The maximum Gasteiger partial charge on any atom is 0.291 e. The Labute approximate surface area is 168 Å². The lowest BCUT2D eigenvalue weighted by atomic mass is 10.2. The van der Waals surface area contributed by atoms with Gasteiger partial charge in [-0.2, -0.15) is 4.31 Å². The number of carbonyl (C=O) groups is 1. The van der Waals surface area contributed by atoms with Crippen LogP contribution in [0.4, 0.5) is 5.69 Å². The number of nitrogens with one attached hydrogen (secondary N) is 1. The quantitative estimate of drug-likeness (QED) is 0.683. The van der Waals surface area contributed by atoms with Gasteiger partial charge in [-0.15, -0.1) is 0 Å². The average Bonchev–Trinajstić information content (AvgIpc) is 3.44. The van der Waals surface area contributed by atoms with Crippen LogP contribution in [0.2, 0.25) is 0 Å². The van der Waals surface area contributed by atoms with E-state index in [4.69, 9.17) is 8.83 Å². The fourth-order valence-electron chi connectivity index (χ4n) is 3.12. The van der Waals surface area contributed by atoms with Gasteiger partial charge in [0.05, 0.1) is 5.69 Å². The van der Waals surface area contributed by atoms with Gasteiger partial charge >= 0.3 is 0 Å². The molecule has 0 spiro atoms. The van der Waals surface area contributed by atoms with E-state index in [0.717, 1.165) is 29.9 Å². The van der Waals surface area contributed by atoms with Gasteiger partial charge in [0.25, 0.3) is 15.9 Å². The van der Waals surface area contributed by atoms with E-state index in [1.807, 2.05) is 13.8 Å². The summed E-state index contributed by atoms with van der Waals surface area (Å²) >= 11 is 0. The molecule has 1 amide bonds. The molecular weight excluding hydrogens is 394 g/mol. The molecule has 0 radical (unpaired) electrons. The van der Waals surface area contributed by atoms with Crippen molar-refractivity contribution in [3.63, 3.8) is 0 Å². The number of hydrogen-bond donors (Lipinski definition) is 1. The molecule has 29 heavy (non-hydrogen) atoms. The summed E-state index contributed by atoms with van der Waals surface area (Å²) in [5.41, 5.74) is 2.16. The highest BCUT2D eigenvalue weighted by Crippen LogP contribution is 2.25. The number of amides is 1. The van der Waals surface area contributed by atoms with Crippen molar-refractivity contribution in [3.8, 4) is 11.5 Å². The van der Waals surface area contributed by atoms with Gasteiger partial charge in [0.2, 0.25) is 11.0 Å². The minimum Gasteiger partial charge on any atom is -0.441 e. The van der Waals surface area contributed by atoms with Crippen LogP contribution in [0, 0.1) is 13.8 Å². The summed E-state index contributed by atoms with van der Waals surface area (Å²) in [4.78, 5) is 16.8. The summed E-state index contributed by atoms with van der Waals surface area (Å²) in [6.07, 6.45) is 1.66. The van der Waals surface area contributed by atoms with E-state index in [0.29, 0.717) is 24.7 Å². The molecule has 9 heteroatoms. The van der Waals surface area contributed by atoms with Gasteiger partial charge in [0.15, 0.2) is 5.76 Å². The molecule has 1 aliphatic heterocycles. The van der Waals surface area contributed by atoms with Crippen molar-refractivity contribution < 1.29 is 22.0 Å². The number of rotatable bonds is 5. The zero-order chi connectivity index (χ0) is 20.6. The lowest BCUT2D eigenvalue weighted by Gasteiger charge is -2.12. The van der Waals surface area contributed by atoms with Crippen molar-refractivity contribution >= 4 is 21.6 Å². The van der Waals surface area contributed by atoms with E-state index >= 15 is 0 Å². The normalized spacial score (nSPS) is 15.0. The second-order valence-corrected chi connectivity index (χ2v) is 8.79. The van der Waals surface area contributed by atoms with E-state index in [2.05, 4.69) is 10.3 Å². The van der Waals surface area contributed by atoms with Gasteiger partial charge < -0.3 is 14.2 Å². The number of nitrogens with zero attached hydrogens (tertiary/aromatic N) is 2. The molecule has 0 saturated carbocycles. The predicted octanol–water partition coefficient (Wildman–Crippen LogP) is 3.59. The highest BCUT2D eigenvalue weighted by atomic mass is 32.2. The Morgan fingerprint density at radius 2 is 1.72 bits per heavy atom. The minimum absolute atomic E-state index is 0.0641. The first kappa shape index (κ1) is 19.4. The summed E-state index contributed by atoms with van der Waals surface area (Å²) in [6, 6.07) is 9.68. The van der Waals surface area contributed by atoms with Crippen LogP contribution in [0.15, 0.2) is 50.3 Å². The minimum atomic E-state index is -3.69. The molecule has 1 aliphatic rings. The van der Waals surface area contributed by atoms with Crippen LogP contribution < -0.4 is 5.32 Å². The Bertz CT molecular complexity index is 1120. The number of sulfonamides is 1. The van der Waals surface area contributed by atoms with Gasteiger partial charge in [-0.3, -0.25) is 4.79 Å². The molecule has 3 heterocycles. The highest BCUT2D eigenvalue weighted by Gasteiger charge is 2.30. The number of furan rings is 1. The van der Waals surface area contributed by atoms with Crippen LogP contribution in [0.5, 0.6) is 0 Å². The number of aromatic nitrogens is 1. The summed E-state index contributed by atoms with van der Waals surface area (Å²) in [5, 5.41) is 2.48. The molecule has 1 N–H and O–H groups in total. The third kappa shape index (κ3) is 3.83. The van der Waals surface area contributed by atoms with E-state index in [9.17, 15) is 13.2 Å². The van der Waals surface area contributed by atoms with Crippen LogP contribution in [0.25, 0.3) is 11.5 Å². The summed E-state index contributed by atoms with van der Waals surface area (Å²) in [6.45, 7) is 4.67. The molecule has 1 aromatic carbocycles. The number of benzene rings is 1. The van der Waals surface area contributed by atoms with Crippen LogP contribution >= 0.6 is 0 Å². The number of oxazole rings is 1. The van der Waals surface area contributed by atoms with Crippen LogP contribution in [-0.2, 0) is 10.0 Å². The SMILES string of the molecule is Cc1nc(-c2ccc(NC(=O)c3ccc(S(=O)(=O)N4CCCC4)o3)cc2)oc1C. The van der Waals surface area contributed by atoms with Crippen molar-refractivity contribution in [2.45, 2.75) is 31.8 Å². The van der Waals surface area contributed by atoms with Gasteiger partial charge in [-0.1, -0.05) is 0 Å². The lowest BCUT2D eigenvalue weighted by molar-refractivity contribution is 0.0991. The number of carbonyl (C=O) groups excluding carboxylic acids is 1. The van der Waals surface area contributed by atoms with Crippen LogP contribution in [-0.4, -0.2) is 36.7 Å². The molecule has 152 valence electrons. The Balaban J connectivity index is 1.46. The smallest absolute Gasteiger partial charge is 0.291 e. The van der Waals surface area contributed by atoms with Crippen molar-refractivity contribution in [3.05, 3.63) is 53.6 Å². The van der Waals surface area contributed by atoms with Crippen LogP contribution in [0.3, 0.4) is 0 Å². The van der Waals surface area contributed by atoms with Gasteiger partial charge in [0, 0.05) is 24.3 Å². The average molecular weight is 415 g/mol. The molecule has 2 aromatic heterocycles. The zero-order valence-electron chi connectivity index (χ0n) is 16.1. The van der Waals surface area contributed by atoms with E-state index in [-0.39, 0.29) is 10.9 Å². The first-order valence-electron chi connectivity index (χ1n) is 9.30. The third-order valence-corrected chi connectivity index (χ3v) is 6.66. The Morgan fingerprint density at radius 1 is 1.03 bits per heavy atom. The highest BCUT2D eigenvalue weighted by molar-refractivity contribution is 7.89. The topological polar surface area (TPSA) is 106 Å². The lowest BCUT2D eigenvalue weighted by Crippen LogP contribution is -2.27. The summed E-state index contributed by atoms with van der Waals surface area (Å²) in [7, 11) is -3.69. The molecule has 1 fully saturated rings. The fourth-order valence-corrected chi connectivity index (χ4v) is 4.55. The predicted molar refractivity (Wildman–Crippen MR) is 106 cm³/mol. The summed E-state index contributed by atoms with van der Waals surface area (Å²) in [5.74, 6) is 0.685. The Hall–Kier alpha value is -2.91. The second-order valence-electron chi connectivity index (χ2n) is 6.92. The summed E-state index contributed by atoms with van der Waals surface area (Å²) < 4.78 is 37.3.